The van der Waals surface area contributed by atoms with Crippen LogP contribution in [0.5, 0.6) is 5.88 Å². The first kappa shape index (κ1) is 23.7. The van der Waals surface area contributed by atoms with Crippen LogP contribution in [0.4, 0.5) is 4.39 Å². The molecule has 1 aliphatic rings. The number of rotatable bonds is 7. The summed E-state index contributed by atoms with van der Waals surface area (Å²) in [6.45, 7) is 4.83. The molecule has 34 heavy (non-hydrogen) atoms. The number of likely N-dealkylation sites (tertiary alicyclic amines) is 1. The molecule has 0 spiro atoms. The minimum Gasteiger partial charge on any atom is -0.493 e. The highest BCUT2D eigenvalue weighted by molar-refractivity contribution is 5.96. The average Bonchev–Trinajstić information content (AvgIpc) is 3.33. The first-order valence-corrected chi connectivity index (χ1v) is 11.8. The highest BCUT2D eigenvalue weighted by atomic mass is 19.1. The van der Waals surface area contributed by atoms with Gasteiger partial charge in [0.05, 0.1) is 6.04 Å². The fourth-order valence-electron chi connectivity index (χ4n) is 4.65. The van der Waals surface area contributed by atoms with Crippen LogP contribution < -0.4 is 5.56 Å². The number of aromatic hydroxyl groups is 1. The van der Waals surface area contributed by atoms with Gasteiger partial charge in [-0.2, -0.15) is 4.98 Å². The zero-order chi connectivity index (χ0) is 24.2. The van der Waals surface area contributed by atoms with Crippen LogP contribution in [-0.2, 0) is 6.42 Å². The van der Waals surface area contributed by atoms with Gasteiger partial charge in [-0.15, -0.1) is 0 Å². The van der Waals surface area contributed by atoms with Gasteiger partial charge >= 0.3 is 0 Å². The Labute approximate surface area is 198 Å². The molecular weight excluding hydrogens is 433 g/mol. The molecule has 1 aliphatic heterocycles. The van der Waals surface area contributed by atoms with Gasteiger partial charge in [0.1, 0.15) is 11.6 Å². The van der Waals surface area contributed by atoms with Crippen molar-refractivity contribution < 1.29 is 14.3 Å². The number of aromatic nitrogens is 2. The van der Waals surface area contributed by atoms with Gasteiger partial charge in [0.15, 0.2) is 5.56 Å². The monoisotopic (exact) mass is 463 g/mol. The van der Waals surface area contributed by atoms with Gasteiger partial charge < -0.3 is 10.0 Å². The maximum atomic E-state index is 13.6. The number of aryl methyl sites for hydroxylation is 1. The normalized spacial score (nSPS) is 16.6. The van der Waals surface area contributed by atoms with E-state index >= 15 is 0 Å². The maximum Gasteiger partial charge on any atom is 0.270 e. The fourth-order valence-corrected chi connectivity index (χ4v) is 4.65. The van der Waals surface area contributed by atoms with E-state index in [2.05, 4.69) is 4.98 Å². The summed E-state index contributed by atoms with van der Waals surface area (Å²) < 4.78 is 14.9. The third-order valence-electron chi connectivity index (χ3n) is 6.62. The summed E-state index contributed by atoms with van der Waals surface area (Å²) in [5, 5.41) is 10.7. The summed E-state index contributed by atoms with van der Waals surface area (Å²) in [6, 6.07) is 15.4. The number of hydrogen-bond donors (Lipinski definition) is 1. The number of halogens is 1. The molecule has 6 nitrogen and oxygen atoms in total. The Morgan fingerprint density at radius 2 is 1.88 bits per heavy atom. The maximum absolute atomic E-state index is 13.6. The molecule has 1 N–H and O–H groups in total. The van der Waals surface area contributed by atoms with Crippen LogP contribution in [0.2, 0.25) is 0 Å². The SMILES string of the molecule is CCCCc1nc(O)c(C(=O)N2CC[C@H](c3ccccc3)C2)c(=O)n1C(C)c1ccc(F)cc1. The molecule has 1 fully saturated rings. The number of hydrogen-bond acceptors (Lipinski definition) is 4. The molecule has 0 saturated carbocycles. The highest BCUT2D eigenvalue weighted by Gasteiger charge is 2.33. The smallest absolute Gasteiger partial charge is 0.270 e. The topological polar surface area (TPSA) is 75.4 Å². The van der Waals surface area contributed by atoms with Gasteiger partial charge in [-0.3, -0.25) is 14.2 Å². The van der Waals surface area contributed by atoms with Crippen molar-refractivity contribution in [3.63, 3.8) is 0 Å². The molecule has 2 aromatic carbocycles. The Morgan fingerprint density at radius 1 is 1.18 bits per heavy atom. The number of nitrogens with zero attached hydrogens (tertiary/aromatic N) is 3. The van der Waals surface area contributed by atoms with E-state index in [9.17, 15) is 19.1 Å². The quantitative estimate of drug-likeness (QED) is 0.553. The molecule has 2 heterocycles. The van der Waals surface area contributed by atoms with Gasteiger partial charge in [-0.1, -0.05) is 55.8 Å². The number of carbonyl (C=O) groups excluding carboxylic acids is 1. The highest BCUT2D eigenvalue weighted by Crippen LogP contribution is 2.29. The predicted molar refractivity (Wildman–Crippen MR) is 129 cm³/mol. The van der Waals surface area contributed by atoms with E-state index < -0.39 is 23.4 Å². The van der Waals surface area contributed by atoms with Crippen LogP contribution in [-0.4, -0.2) is 38.6 Å². The van der Waals surface area contributed by atoms with E-state index in [0.29, 0.717) is 25.3 Å². The minimum atomic E-state index is -0.566. The molecule has 0 aliphatic carbocycles. The van der Waals surface area contributed by atoms with Crippen molar-refractivity contribution in [1.29, 1.82) is 0 Å². The lowest BCUT2D eigenvalue weighted by Crippen LogP contribution is -2.38. The van der Waals surface area contributed by atoms with Crippen LogP contribution in [0.3, 0.4) is 0 Å². The molecule has 3 aromatic rings. The van der Waals surface area contributed by atoms with E-state index in [4.69, 9.17) is 0 Å². The molecule has 0 bridgehead atoms. The van der Waals surface area contributed by atoms with Crippen LogP contribution in [0.1, 0.15) is 72.4 Å². The molecule has 0 radical (unpaired) electrons. The Bertz CT molecular complexity index is 1210. The Hall–Kier alpha value is -3.48. The van der Waals surface area contributed by atoms with Gasteiger partial charge in [0.25, 0.3) is 11.5 Å². The van der Waals surface area contributed by atoms with Crippen molar-refractivity contribution in [3.8, 4) is 5.88 Å². The summed E-state index contributed by atoms with van der Waals surface area (Å²) >= 11 is 0. The molecular formula is C27H30FN3O3. The third kappa shape index (κ3) is 4.74. The Morgan fingerprint density at radius 3 is 2.56 bits per heavy atom. The molecule has 1 aromatic heterocycles. The van der Waals surface area contributed by atoms with E-state index in [1.54, 1.807) is 17.0 Å². The van der Waals surface area contributed by atoms with Crippen LogP contribution in [0.15, 0.2) is 59.4 Å². The second-order valence-electron chi connectivity index (χ2n) is 8.88. The molecule has 1 saturated heterocycles. The van der Waals surface area contributed by atoms with Gasteiger partial charge in [-0.25, -0.2) is 4.39 Å². The Balaban J connectivity index is 1.70. The summed E-state index contributed by atoms with van der Waals surface area (Å²) in [5.41, 5.74) is 1.00. The number of benzene rings is 2. The molecule has 1 unspecified atom stereocenters. The van der Waals surface area contributed by atoms with Crippen molar-refractivity contribution in [1.82, 2.24) is 14.5 Å². The molecule has 1 amide bonds. The lowest BCUT2D eigenvalue weighted by molar-refractivity contribution is 0.0783. The van der Waals surface area contributed by atoms with Crippen molar-refractivity contribution in [2.75, 3.05) is 13.1 Å². The predicted octanol–water partition coefficient (Wildman–Crippen LogP) is 4.67. The summed E-state index contributed by atoms with van der Waals surface area (Å²) in [5.74, 6) is -0.788. The van der Waals surface area contributed by atoms with Gasteiger partial charge in [0, 0.05) is 25.4 Å². The van der Waals surface area contributed by atoms with Crippen LogP contribution in [0.25, 0.3) is 0 Å². The largest absolute Gasteiger partial charge is 0.493 e. The second kappa shape index (κ2) is 10.2. The van der Waals surface area contributed by atoms with Crippen molar-refractivity contribution in [2.45, 2.75) is 51.5 Å². The summed E-state index contributed by atoms with van der Waals surface area (Å²) in [4.78, 5) is 33.0. The first-order valence-electron chi connectivity index (χ1n) is 11.8. The Kier molecular flexibility index (Phi) is 7.10. The van der Waals surface area contributed by atoms with E-state index in [1.165, 1.54) is 16.7 Å². The van der Waals surface area contributed by atoms with Gasteiger partial charge in [0.2, 0.25) is 5.88 Å². The zero-order valence-corrected chi connectivity index (χ0v) is 19.6. The minimum absolute atomic E-state index is 0.185. The summed E-state index contributed by atoms with van der Waals surface area (Å²) in [7, 11) is 0. The first-order chi connectivity index (χ1) is 16.4. The summed E-state index contributed by atoms with van der Waals surface area (Å²) in [6.07, 6.45) is 2.94. The lowest BCUT2D eigenvalue weighted by Gasteiger charge is -2.22. The lowest BCUT2D eigenvalue weighted by atomic mass is 9.99. The van der Waals surface area contributed by atoms with Gasteiger partial charge in [-0.05, 0) is 43.0 Å². The van der Waals surface area contributed by atoms with Crippen molar-refractivity contribution in [2.24, 2.45) is 0 Å². The fraction of sp³-hybridized carbons (Fsp3) is 0.370. The van der Waals surface area contributed by atoms with Crippen molar-refractivity contribution in [3.05, 3.63) is 93.3 Å². The molecule has 4 rings (SSSR count). The van der Waals surface area contributed by atoms with E-state index in [0.717, 1.165) is 30.4 Å². The van der Waals surface area contributed by atoms with E-state index in [1.807, 2.05) is 44.2 Å². The molecule has 178 valence electrons. The van der Waals surface area contributed by atoms with Crippen LogP contribution >= 0.6 is 0 Å². The second-order valence-corrected chi connectivity index (χ2v) is 8.88. The average molecular weight is 464 g/mol. The standard InChI is InChI=1S/C27H30FN3O3/c1-3-4-10-23-29-25(32)24(27(34)31(23)18(2)19-11-13-22(28)14-12-19)26(33)30-16-15-21(17-30)20-8-6-5-7-9-20/h5-9,11-14,18,21,32H,3-4,10,15-17H2,1-2H3/t18?,21-/m0/s1. The van der Waals surface area contributed by atoms with E-state index in [-0.39, 0.29) is 17.3 Å². The zero-order valence-electron chi connectivity index (χ0n) is 19.6. The molecule has 2 atom stereocenters. The number of unbranched alkanes of at least 4 members (excludes halogenated alkanes) is 1. The molecule has 7 heteroatoms. The number of carbonyl (C=O) groups is 1. The third-order valence-corrected chi connectivity index (χ3v) is 6.62. The number of amides is 1. The van der Waals surface area contributed by atoms with Crippen molar-refractivity contribution >= 4 is 5.91 Å². The van der Waals surface area contributed by atoms with Crippen LogP contribution in [0, 0.1) is 5.82 Å².